The molecule has 0 rings (SSSR count). The van der Waals surface area contributed by atoms with Gasteiger partial charge in [0.25, 0.3) is 0 Å². The number of hydrogen-bond acceptors (Lipinski definition) is 2. The Kier molecular flexibility index (Phi) is 12.8. The van der Waals surface area contributed by atoms with Crippen molar-refractivity contribution >= 4 is 0 Å². The number of unbranched alkanes of at least 4 members (excludes halogenated alkanes) is 9. The number of rotatable bonds is 11. The maximum atomic E-state index is 8.44. The molecule has 0 aliphatic rings. The molecule has 0 bridgehead atoms. The zero-order chi connectivity index (χ0) is 10.5. The third-order valence-corrected chi connectivity index (χ3v) is 2.42. The Morgan fingerprint density at radius 2 is 0.786 bits per heavy atom. The summed E-state index contributed by atoms with van der Waals surface area (Å²) in [6, 6.07) is 0. The lowest BCUT2D eigenvalue weighted by atomic mass is 10.1. The Bertz CT molecular complexity index is 82.3. The smallest absolute Gasteiger partial charge is 0.0799 e. The predicted molar refractivity (Wildman–Crippen MR) is 58.6 cm³/mol. The Morgan fingerprint density at radius 1 is 0.500 bits per heavy atom. The average molecular weight is 200 g/mol. The predicted octanol–water partition coefficient (Wildman–Crippen LogP) is 3.96. The van der Waals surface area contributed by atoms with Gasteiger partial charge in [-0.05, 0) is 12.8 Å². The molecule has 0 aliphatic carbocycles. The van der Waals surface area contributed by atoms with Crippen molar-refractivity contribution in [2.75, 3.05) is 0 Å². The molecule has 84 valence electrons. The molecule has 0 unspecified atom stereocenters. The largest absolute Gasteiger partial charge is 0.390 e. The van der Waals surface area contributed by atoms with Gasteiger partial charge in [-0.3, -0.25) is 0 Å². The van der Waals surface area contributed by atoms with Gasteiger partial charge in [-0.15, -0.1) is 0 Å². The van der Waals surface area contributed by atoms with E-state index >= 15 is 0 Å². The second kappa shape index (κ2) is 12.9. The number of aliphatic hydroxyl groups is 2. The molecule has 0 aromatic rings. The van der Waals surface area contributed by atoms with Crippen molar-refractivity contribution in [2.24, 2.45) is 0 Å². The van der Waals surface area contributed by atoms with Crippen LogP contribution in [0.15, 0.2) is 0 Å². The summed E-state index contributed by atoms with van der Waals surface area (Å²) in [5, 5.41) is 16.9. The van der Waals surface area contributed by atoms with E-state index in [1.165, 1.54) is 51.7 Å². The molecular formula is C12H24O2. The fourth-order valence-corrected chi connectivity index (χ4v) is 1.53. The van der Waals surface area contributed by atoms with E-state index in [2.05, 4.69) is 0 Å². The number of hydrogen-bond donors (Lipinski definition) is 2. The van der Waals surface area contributed by atoms with Crippen LogP contribution >= 0.6 is 0 Å². The van der Waals surface area contributed by atoms with Gasteiger partial charge in [0.2, 0.25) is 0 Å². The van der Waals surface area contributed by atoms with E-state index in [0.717, 1.165) is 25.7 Å². The van der Waals surface area contributed by atoms with Crippen LogP contribution in [0.3, 0.4) is 0 Å². The first-order valence-corrected chi connectivity index (χ1v) is 5.83. The quantitative estimate of drug-likeness (QED) is 0.496. The molecule has 0 atom stereocenters. The van der Waals surface area contributed by atoms with Crippen LogP contribution in [0.5, 0.6) is 0 Å². The van der Waals surface area contributed by atoms with Gasteiger partial charge < -0.3 is 10.2 Å². The van der Waals surface area contributed by atoms with Gasteiger partial charge in [-0.25, -0.2) is 0 Å². The van der Waals surface area contributed by atoms with Crippen molar-refractivity contribution in [2.45, 2.75) is 64.2 Å². The van der Waals surface area contributed by atoms with Gasteiger partial charge in [0, 0.05) is 0 Å². The Balaban J connectivity index is 2.78. The summed E-state index contributed by atoms with van der Waals surface area (Å²) in [5.41, 5.74) is 0. The molecule has 0 fully saturated rings. The topological polar surface area (TPSA) is 40.5 Å². The zero-order valence-corrected chi connectivity index (χ0v) is 9.12. The monoisotopic (exact) mass is 200 g/mol. The van der Waals surface area contributed by atoms with Crippen LogP contribution in [0.4, 0.5) is 0 Å². The second-order valence-corrected chi connectivity index (χ2v) is 3.77. The molecule has 2 nitrogen and oxygen atoms in total. The van der Waals surface area contributed by atoms with Crippen molar-refractivity contribution in [3.63, 3.8) is 0 Å². The van der Waals surface area contributed by atoms with Crippen molar-refractivity contribution in [1.82, 2.24) is 0 Å². The summed E-state index contributed by atoms with van der Waals surface area (Å²) in [7, 11) is 0. The highest BCUT2D eigenvalue weighted by Crippen LogP contribution is 2.10. The lowest BCUT2D eigenvalue weighted by Crippen LogP contribution is -1.82. The highest BCUT2D eigenvalue weighted by molar-refractivity contribution is 4.52. The van der Waals surface area contributed by atoms with Gasteiger partial charge in [0.05, 0.1) is 13.2 Å². The molecule has 0 saturated carbocycles. The third kappa shape index (κ3) is 11.9. The molecule has 0 spiro atoms. The van der Waals surface area contributed by atoms with Crippen LogP contribution in [0.2, 0.25) is 0 Å². The molecule has 0 aromatic heterocycles. The van der Waals surface area contributed by atoms with E-state index in [-0.39, 0.29) is 0 Å². The van der Waals surface area contributed by atoms with Crippen molar-refractivity contribution in [3.8, 4) is 0 Å². The van der Waals surface area contributed by atoms with Gasteiger partial charge in [-0.2, -0.15) is 0 Å². The maximum Gasteiger partial charge on any atom is 0.0799 e. The standard InChI is InChI=1S/C12H24O2/c13-11-9-7-5-3-1-2-4-6-8-10-12-14/h11-14H,1-10H2. The van der Waals surface area contributed by atoms with E-state index in [1.54, 1.807) is 0 Å². The Labute approximate surface area is 88.3 Å². The Hall–Kier alpha value is -0.0800. The zero-order valence-electron chi connectivity index (χ0n) is 9.12. The van der Waals surface area contributed by atoms with Crippen LogP contribution in [0.1, 0.15) is 64.2 Å². The summed E-state index contributed by atoms with van der Waals surface area (Å²) < 4.78 is 0. The summed E-state index contributed by atoms with van der Waals surface area (Å²) in [6.45, 7) is 2.51. The van der Waals surface area contributed by atoms with Crippen LogP contribution < -0.4 is 0 Å². The highest BCUT2D eigenvalue weighted by Gasteiger charge is 1.92. The molecule has 0 saturated heterocycles. The van der Waals surface area contributed by atoms with Gasteiger partial charge in [0.15, 0.2) is 0 Å². The van der Waals surface area contributed by atoms with E-state index in [0.29, 0.717) is 0 Å². The molecule has 14 heavy (non-hydrogen) atoms. The van der Waals surface area contributed by atoms with E-state index in [4.69, 9.17) is 10.2 Å². The summed E-state index contributed by atoms with van der Waals surface area (Å²) in [6.07, 6.45) is 11.6. The second-order valence-electron chi connectivity index (χ2n) is 3.77. The van der Waals surface area contributed by atoms with Crippen LogP contribution in [-0.2, 0) is 0 Å². The first kappa shape index (κ1) is 13.9. The SMILES string of the molecule is O[CH]CCCCCCCCCC[CH]O. The summed E-state index contributed by atoms with van der Waals surface area (Å²) >= 11 is 0. The molecule has 0 aromatic carbocycles. The molecule has 0 aliphatic heterocycles. The van der Waals surface area contributed by atoms with Crippen LogP contribution in [0, 0.1) is 13.2 Å². The number of aliphatic hydroxyl groups excluding tert-OH is 2. The lowest BCUT2D eigenvalue weighted by Gasteiger charge is -2.00. The third-order valence-electron chi connectivity index (χ3n) is 2.42. The molecule has 2 heteroatoms. The fourth-order valence-electron chi connectivity index (χ4n) is 1.53. The maximum absolute atomic E-state index is 8.44. The normalized spacial score (nSPS) is 10.7. The van der Waals surface area contributed by atoms with Crippen molar-refractivity contribution in [1.29, 1.82) is 0 Å². The minimum absolute atomic E-state index is 0.840. The molecular weight excluding hydrogens is 176 g/mol. The van der Waals surface area contributed by atoms with Crippen molar-refractivity contribution in [3.05, 3.63) is 13.2 Å². The lowest BCUT2D eigenvalue weighted by molar-refractivity contribution is 0.364. The van der Waals surface area contributed by atoms with E-state index in [9.17, 15) is 0 Å². The van der Waals surface area contributed by atoms with Crippen molar-refractivity contribution < 1.29 is 10.2 Å². The average Bonchev–Trinajstić information content (AvgIpc) is 2.21. The van der Waals surface area contributed by atoms with E-state index < -0.39 is 0 Å². The molecule has 2 radical (unpaired) electrons. The van der Waals surface area contributed by atoms with Gasteiger partial charge in [0.1, 0.15) is 0 Å². The van der Waals surface area contributed by atoms with Crippen LogP contribution in [-0.4, -0.2) is 10.2 Å². The van der Waals surface area contributed by atoms with Crippen LogP contribution in [0.25, 0.3) is 0 Å². The Morgan fingerprint density at radius 3 is 1.07 bits per heavy atom. The molecule has 0 heterocycles. The van der Waals surface area contributed by atoms with E-state index in [1.807, 2.05) is 0 Å². The van der Waals surface area contributed by atoms with Gasteiger partial charge in [-0.1, -0.05) is 51.4 Å². The summed E-state index contributed by atoms with van der Waals surface area (Å²) in [4.78, 5) is 0. The molecule has 2 N–H and O–H groups in total. The summed E-state index contributed by atoms with van der Waals surface area (Å²) in [5.74, 6) is 0. The first-order valence-electron chi connectivity index (χ1n) is 5.83. The minimum Gasteiger partial charge on any atom is -0.390 e. The molecule has 0 amide bonds. The first-order chi connectivity index (χ1) is 6.91. The minimum atomic E-state index is 0.840. The van der Waals surface area contributed by atoms with Gasteiger partial charge >= 0.3 is 0 Å². The highest BCUT2D eigenvalue weighted by atomic mass is 16.3. The fraction of sp³-hybridized carbons (Fsp3) is 0.833.